The molecule has 0 aliphatic carbocycles. The molecule has 0 aromatic carbocycles. The van der Waals surface area contributed by atoms with Crippen LogP contribution in [0, 0.1) is 5.92 Å². The molecule has 0 aromatic heterocycles. The third-order valence-corrected chi connectivity index (χ3v) is 2.38. The molecule has 0 fully saturated rings. The Bertz CT molecular complexity index is 137. The van der Waals surface area contributed by atoms with Gasteiger partial charge in [0.15, 0.2) is 0 Å². The summed E-state index contributed by atoms with van der Waals surface area (Å²) in [5.41, 5.74) is 0. The first kappa shape index (κ1) is 12.8. The first-order valence-corrected chi connectivity index (χ1v) is 5.56. The van der Waals surface area contributed by atoms with Crippen LogP contribution < -0.4 is 0 Å². The van der Waals surface area contributed by atoms with Crippen molar-refractivity contribution in [2.75, 3.05) is 12.4 Å². The van der Waals surface area contributed by atoms with E-state index in [1.807, 2.05) is 0 Å². The van der Waals surface area contributed by atoms with Crippen LogP contribution in [-0.2, 0) is 9.53 Å². The largest absolute Gasteiger partial charge is 0.465 e. The van der Waals surface area contributed by atoms with Crippen LogP contribution >= 0.6 is 12.6 Å². The highest BCUT2D eigenvalue weighted by atomic mass is 32.1. The molecule has 2 nitrogen and oxygen atoms in total. The van der Waals surface area contributed by atoms with Crippen LogP contribution in [0.3, 0.4) is 0 Å². The lowest BCUT2D eigenvalue weighted by molar-refractivity contribution is -0.141. The number of carbonyl (C=O) groups is 1. The Morgan fingerprint density at radius 1 is 1.46 bits per heavy atom. The fourth-order valence-electron chi connectivity index (χ4n) is 1.15. The number of esters is 1. The van der Waals surface area contributed by atoms with Crippen LogP contribution in [0.5, 0.6) is 0 Å². The van der Waals surface area contributed by atoms with E-state index in [-0.39, 0.29) is 11.7 Å². The molecule has 1 unspecified atom stereocenters. The summed E-state index contributed by atoms with van der Waals surface area (Å²) >= 11 is 4.58. The van der Waals surface area contributed by atoms with Gasteiger partial charge in [-0.2, -0.15) is 0 Å². The predicted octanol–water partition coefficient (Wildman–Crippen LogP) is 2.94. The first-order chi connectivity index (χ1) is 6.24. The Hall–Kier alpha value is -0.180. The van der Waals surface area contributed by atoms with Crippen molar-refractivity contribution in [1.29, 1.82) is 0 Å². The van der Waals surface area contributed by atoms with Gasteiger partial charge in [-0.25, -0.2) is 0 Å². The number of rotatable bonds is 7. The molecule has 0 saturated carbocycles. The molecule has 1 radical (unpaired) electrons. The molecule has 0 aliphatic heterocycles. The molecule has 0 amide bonds. The third-order valence-electron chi connectivity index (χ3n) is 2.14. The average molecular weight is 203 g/mol. The molecular formula is C10H19O2S. The molecule has 0 saturated heterocycles. The van der Waals surface area contributed by atoms with E-state index in [4.69, 9.17) is 4.74 Å². The number of hydrogen-bond donors (Lipinski definition) is 0. The summed E-state index contributed by atoms with van der Waals surface area (Å²) in [5, 5.41) is 0. The second-order valence-electron chi connectivity index (χ2n) is 3.24. The van der Waals surface area contributed by atoms with Crippen LogP contribution in [0.15, 0.2) is 0 Å². The zero-order chi connectivity index (χ0) is 10.1. The SMILES string of the molecule is CCCCC(CC)COC(=O)C[S]. The molecule has 0 rings (SSSR count). The van der Waals surface area contributed by atoms with Gasteiger partial charge in [-0.3, -0.25) is 4.79 Å². The van der Waals surface area contributed by atoms with E-state index in [1.165, 1.54) is 12.8 Å². The summed E-state index contributed by atoms with van der Waals surface area (Å²) in [6, 6.07) is 0. The van der Waals surface area contributed by atoms with Gasteiger partial charge in [0.05, 0.1) is 6.61 Å². The fourth-order valence-corrected chi connectivity index (χ4v) is 1.23. The van der Waals surface area contributed by atoms with E-state index in [0.717, 1.165) is 12.8 Å². The van der Waals surface area contributed by atoms with Gasteiger partial charge in [0.2, 0.25) is 0 Å². The Balaban J connectivity index is 3.52. The van der Waals surface area contributed by atoms with Crippen molar-refractivity contribution < 1.29 is 9.53 Å². The predicted molar refractivity (Wildman–Crippen MR) is 56.7 cm³/mol. The summed E-state index contributed by atoms with van der Waals surface area (Å²) in [6.07, 6.45) is 4.64. The molecule has 0 bridgehead atoms. The molecule has 3 heteroatoms. The number of ether oxygens (including phenoxy) is 1. The minimum atomic E-state index is -0.259. The highest BCUT2D eigenvalue weighted by Gasteiger charge is 2.08. The van der Waals surface area contributed by atoms with Crippen LogP contribution in [0.1, 0.15) is 39.5 Å². The quantitative estimate of drug-likeness (QED) is 0.595. The lowest BCUT2D eigenvalue weighted by atomic mass is 10.0. The van der Waals surface area contributed by atoms with Crippen LogP contribution in [0.2, 0.25) is 0 Å². The van der Waals surface area contributed by atoms with Crippen molar-refractivity contribution in [3.05, 3.63) is 0 Å². The molecule has 0 spiro atoms. The zero-order valence-corrected chi connectivity index (χ0v) is 9.36. The molecular weight excluding hydrogens is 184 g/mol. The van der Waals surface area contributed by atoms with Crippen molar-refractivity contribution in [2.24, 2.45) is 5.92 Å². The van der Waals surface area contributed by atoms with Crippen molar-refractivity contribution in [1.82, 2.24) is 0 Å². The normalized spacial score (nSPS) is 12.5. The van der Waals surface area contributed by atoms with E-state index in [2.05, 4.69) is 26.5 Å². The molecule has 77 valence electrons. The zero-order valence-electron chi connectivity index (χ0n) is 8.54. The maximum absolute atomic E-state index is 10.8. The summed E-state index contributed by atoms with van der Waals surface area (Å²) in [5.74, 6) is 0.333. The highest BCUT2D eigenvalue weighted by molar-refractivity contribution is 7.81. The van der Waals surface area contributed by atoms with E-state index < -0.39 is 0 Å². The van der Waals surface area contributed by atoms with Crippen LogP contribution in [-0.4, -0.2) is 18.3 Å². The van der Waals surface area contributed by atoms with Gasteiger partial charge in [-0.05, 0) is 12.3 Å². The molecule has 0 aliphatic rings. The van der Waals surface area contributed by atoms with Crippen molar-refractivity contribution in [2.45, 2.75) is 39.5 Å². The molecule has 1 atom stereocenters. The minimum absolute atomic E-state index is 0.0736. The summed E-state index contributed by atoms with van der Waals surface area (Å²) < 4.78 is 5.00. The second kappa shape index (κ2) is 8.42. The van der Waals surface area contributed by atoms with Crippen molar-refractivity contribution in [3.8, 4) is 0 Å². The van der Waals surface area contributed by atoms with Gasteiger partial charge in [0.1, 0.15) is 5.75 Å². The van der Waals surface area contributed by atoms with Crippen molar-refractivity contribution in [3.63, 3.8) is 0 Å². The first-order valence-electron chi connectivity index (χ1n) is 4.98. The Morgan fingerprint density at radius 2 is 2.15 bits per heavy atom. The van der Waals surface area contributed by atoms with E-state index in [1.54, 1.807) is 0 Å². The smallest absolute Gasteiger partial charge is 0.316 e. The lowest BCUT2D eigenvalue weighted by Crippen LogP contribution is -2.14. The summed E-state index contributed by atoms with van der Waals surface area (Å²) in [7, 11) is 0. The topological polar surface area (TPSA) is 26.3 Å². The maximum atomic E-state index is 10.8. The molecule has 13 heavy (non-hydrogen) atoms. The minimum Gasteiger partial charge on any atom is -0.465 e. The maximum Gasteiger partial charge on any atom is 0.316 e. The van der Waals surface area contributed by atoms with Crippen LogP contribution in [0.4, 0.5) is 0 Å². The number of hydrogen-bond acceptors (Lipinski definition) is 2. The molecule has 0 heterocycles. The fraction of sp³-hybridized carbons (Fsp3) is 0.900. The molecule has 0 aromatic rings. The number of unbranched alkanes of at least 4 members (excludes halogenated alkanes) is 1. The van der Waals surface area contributed by atoms with Gasteiger partial charge >= 0.3 is 5.97 Å². The van der Waals surface area contributed by atoms with Gasteiger partial charge in [0.25, 0.3) is 0 Å². The van der Waals surface area contributed by atoms with Crippen molar-refractivity contribution >= 4 is 18.6 Å². The van der Waals surface area contributed by atoms with E-state index >= 15 is 0 Å². The highest BCUT2D eigenvalue weighted by Crippen LogP contribution is 2.12. The molecule has 0 N–H and O–H groups in total. The van der Waals surface area contributed by atoms with Gasteiger partial charge in [0, 0.05) is 0 Å². The Labute approximate surface area is 86.5 Å². The lowest BCUT2D eigenvalue weighted by Gasteiger charge is -2.13. The Kier molecular flexibility index (Phi) is 8.30. The summed E-state index contributed by atoms with van der Waals surface area (Å²) in [4.78, 5) is 10.8. The van der Waals surface area contributed by atoms with E-state index in [0.29, 0.717) is 12.5 Å². The third kappa shape index (κ3) is 6.94. The van der Waals surface area contributed by atoms with Gasteiger partial charge in [-0.15, -0.1) is 0 Å². The number of carbonyl (C=O) groups excluding carboxylic acids is 1. The second-order valence-corrected chi connectivity index (χ2v) is 3.53. The Morgan fingerprint density at radius 3 is 2.62 bits per heavy atom. The van der Waals surface area contributed by atoms with Gasteiger partial charge in [-0.1, -0.05) is 45.7 Å². The standard InChI is InChI=1S/C10H19O2S/c1-3-5-6-9(4-2)7-12-10(11)8-13/h9H,3-8H2,1-2H3. The average Bonchev–Trinajstić information content (AvgIpc) is 2.17. The van der Waals surface area contributed by atoms with Gasteiger partial charge < -0.3 is 4.74 Å². The van der Waals surface area contributed by atoms with Crippen LogP contribution in [0.25, 0.3) is 0 Å². The monoisotopic (exact) mass is 203 g/mol. The summed E-state index contributed by atoms with van der Waals surface area (Å²) in [6.45, 7) is 4.84. The van der Waals surface area contributed by atoms with E-state index in [9.17, 15) is 4.79 Å².